The predicted molar refractivity (Wildman–Crippen MR) is 27.5 cm³/mol. The van der Waals surface area contributed by atoms with Gasteiger partial charge in [0.25, 0.3) is 0 Å². The van der Waals surface area contributed by atoms with Gasteiger partial charge < -0.3 is 0 Å². The maximum atomic E-state index is 4.74. The van der Waals surface area contributed by atoms with E-state index in [9.17, 15) is 0 Å². The molecule has 0 rings (SSSR count). The quantitative estimate of drug-likeness (QED) is 0.357. The van der Waals surface area contributed by atoms with Gasteiger partial charge in [0, 0.05) is 0 Å². The van der Waals surface area contributed by atoms with Crippen LogP contribution in [0.1, 0.15) is 0 Å². The molecule has 0 atom stereocenters. The number of ether oxygens (including phenoxy) is 2. The molecule has 3 heteroatoms. The standard InChI is InChI=1S/C4H7BO2/c1-6-2-3-7-4-5/h2-3H2,1H3. The average Bonchev–Trinajstić information content (AvgIpc) is 1.69. The minimum atomic E-state index is 0.479. The normalized spacial score (nSPS) is 7.86. The molecule has 0 aliphatic heterocycles. The van der Waals surface area contributed by atoms with E-state index in [1.807, 2.05) is 5.99 Å². The van der Waals surface area contributed by atoms with E-state index >= 15 is 0 Å². The molecule has 0 N–H and O–H groups in total. The summed E-state index contributed by atoms with van der Waals surface area (Å²) in [4.78, 5) is 0. The molecule has 2 nitrogen and oxygen atoms in total. The first-order valence-electron chi connectivity index (χ1n) is 1.98. The molecule has 0 bridgehead atoms. The Hall–Kier alpha value is -0.395. The Morgan fingerprint density at radius 2 is 2.29 bits per heavy atom. The van der Waals surface area contributed by atoms with E-state index < -0.39 is 0 Å². The van der Waals surface area contributed by atoms with Crippen molar-refractivity contribution in [3.05, 3.63) is 0 Å². The summed E-state index contributed by atoms with van der Waals surface area (Å²) in [5, 5.41) is 0. The molecule has 0 saturated heterocycles. The molecule has 0 spiro atoms. The number of rotatable bonds is 3. The van der Waals surface area contributed by atoms with Gasteiger partial charge in [-0.2, -0.15) is 0 Å². The molecule has 0 aromatic heterocycles. The molecule has 0 heterocycles. The van der Waals surface area contributed by atoms with Gasteiger partial charge in [0.1, 0.15) is 0 Å². The minimum absolute atomic E-state index is 0.479. The van der Waals surface area contributed by atoms with Gasteiger partial charge in [0.2, 0.25) is 0 Å². The van der Waals surface area contributed by atoms with Crippen LogP contribution < -0.4 is 0 Å². The first-order valence-corrected chi connectivity index (χ1v) is 1.98. The molecule has 0 unspecified atom stereocenters. The second-order valence-electron chi connectivity index (χ2n) is 0.959. The fourth-order valence-corrected chi connectivity index (χ4v) is 0.184. The van der Waals surface area contributed by atoms with Crippen molar-refractivity contribution in [1.29, 1.82) is 0 Å². The molecule has 7 heavy (non-hydrogen) atoms. The third-order valence-electron chi connectivity index (χ3n) is 0.473. The molecule has 0 amide bonds. The molecular weight excluding hydrogens is 90.9 g/mol. The summed E-state index contributed by atoms with van der Waals surface area (Å²) in [5.74, 6) is 2.02. The van der Waals surface area contributed by atoms with Crippen molar-refractivity contribution < 1.29 is 9.47 Å². The van der Waals surface area contributed by atoms with Crippen molar-refractivity contribution in [2.45, 2.75) is 0 Å². The zero-order valence-electron chi connectivity index (χ0n) is 4.31. The van der Waals surface area contributed by atoms with Gasteiger partial charge >= 0.3 is 43.1 Å². The van der Waals surface area contributed by atoms with Crippen molar-refractivity contribution >= 4 is 7.33 Å². The topological polar surface area (TPSA) is 18.5 Å². The van der Waals surface area contributed by atoms with Crippen LogP contribution in [0.5, 0.6) is 0 Å². The van der Waals surface area contributed by atoms with Gasteiger partial charge in [-0.3, -0.25) is 0 Å². The van der Waals surface area contributed by atoms with E-state index in [4.69, 9.17) is 7.33 Å². The Bertz CT molecular complexity index is 66.6. The summed E-state index contributed by atoms with van der Waals surface area (Å²) in [6, 6.07) is 0. The van der Waals surface area contributed by atoms with Gasteiger partial charge in [-0.15, -0.1) is 0 Å². The zero-order valence-corrected chi connectivity index (χ0v) is 4.31. The number of hydrogen-bond donors (Lipinski definition) is 0. The van der Waals surface area contributed by atoms with Crippen molar-refractivity contribution in [2.75, 3.05) is 20.3 Å². The van der Waals surface area contributed by atoms with E-state index in [1.165, 1.54) is 0 Å². The van der Waals surface area contributed by atoms with Gasteiger partial charge in [-0.25, -0.2) is 0 Å². The van der Waals surface area contributed by atoms with E-state index in [0.29, 0.717) is 13.2 Å². The fraction of sp³-hybridized carbons (Fsp3) is 0.750. The summed E-state index contributed by atoms with van der Waals surface area (Å²) in [5.41, 5.74) is 0. The summed E-state index contributed by atoms with van der Waals surface area (Å²) >= 11 is 0. The summed E-state index contributed by atoms with van der Waals surface area (Å²) in [6.45, 7) is 1.04. The van der Waals surface area contributed by atoms with Crippen LogP contribution >= 0.6 is 0 Å². The molecule has 0 aliphatic rings. The van der Waals surface area contributed by atoms with Crippen LogP contribution in [0.2, 0.25) is 0 Å². The average molecular weight is 97.9 g/mol. The summed E-state index contributed by atoms with van der Waals surface area (Å²) < 4.78 is 9.10. The molecule has 0 saturated carbocycles. The van der Waals surface area contributed by atoms with E-state index in [1.54, 1.807) is 7.11 Å². The van der Waals surface area contributed by atoms with Crippen molar-refractivity contribution in [1.82, 2.24) is 0 Å². The number of methoxy groups -OCH3 is 1. The fourth-order valence-electron chi connectivity index (χ4n) is 0.184. The van der Waals surface area contributed by atoms with E-state index in [-0.39, 0.29) is 0 Å². The molecule has 0 radical (unpaired) electrons. The molecule has 0 aromatic carbocycles. The first kappa shape index (κ1) is 6.60. The molecule has 0 aliphatic carbocycles. The van der Waals surface area contributed by atoms with Gasteiger partial charge in [0.15, 0.2) is 0 Å². The molecule has 38 valence electrons. The third-order valence-corrected chi connectivity index (χ3v) is 0.473. The second kappa shape index (κ2) is 5.60. The molecular formula is C4H7BO2. The first-order chi connectivity index (χ1) is 3.41. The molecule has 0 fully saturated rings. The van der Waals surface area contributed by atoms with Crippen LogP contribution in [0.3, 0.4) is 0 Å². The Kier molecular flexibility index (Phi) is 5.29. The van der Waals surface area contributed by atoms with E-state index in [2.05, 4.69) is 9.47 Å². The number of hydrogen-bond acceptors (Lipinski definition) is 2. The van der Waals surface area contributed by atoms with Crippen LogP contribution in [0.25, 0.3) is 0 Å². The van der Waals surface area contributed by atoms with Crippen LogP contribution in [0.4, 0.5) is 0 Å². The van der Waals surface area contributed by atoms with Gasteiger partial charge in [0.05, 0.1) is 0 Å². The summed E-state index contributed by atoms with van der Waals surface area (Å²) in [6.07, 6.45) is 0. The summed E-state index contributed by atoms with van der Waals surface area (Å²) in [7, 11) is 6.34. The van der Waals surface area contributed by atoms with Crippen molar-refractivity contribution in [3.63, 3.8) is 0 Å². The van der Waals surface area contributed by atoms with Crippen molar-refractivity contribution in [3.8, 4) is 5.99 Å². The SMILES string of the molecule is B#COCCOC. The van der Waals surface area contributed by atoms with Gasteiger partial charge in [-0.1, -0.05) is 0 Å². The Morgan fingerprint density at radius 1 is 1.57 bits per heavy atom. The Balaban J connectivity index is 2.60. The maximum absolute atomic E-state index is 4.74. The van der Waals surface area contributed by atoms with Crippen LogP contribution in [0, 0.1) is 5.99 Å². The molecule has 0 aromatic rings. The van der Waals surface area contributed by atoms with Crippen LogP contribution in [-0.2, 0) is 9.47 Å². The monoisotopic (exact) mass is 98.1 g/mol. The Labute approximate surface area is 44.2 Å². The third kappa shape index (κ3) is 5.60. The Morgan fingerprint density at radius 3 is 2.71 bits per heavy atom. The second-order valence-corrected chi connectivity index (χ2v) is 0.959. The van der Waals surface area contributed by atoms with E-state index in [0.717, 1.165) is 0 Å². The van der Waals surface area contributed by atoms with Crippen molar-refractivity contribution in [2.24, 2.45) is 0 Å². The predicted octanol–water partition coefficient (Wildman–Crippen LogP) is -0.265. The zero-order chi connectivity index (χ0) is 5.54. The van der Waals surface area contributed by atoms with Crippen LogP contribution in [0.15, 0.2) is 0 Å². The van der Waals surface area contributed by atoms with Gasteiger partial charge in [-0.05, 0) is 0 Å². The van der Waals surface area contributed by atoms with Crippen LogP contribution in [-0.4, -0.2) is 27.7 Å².